The summed E-state index contributed by atoms with van der Waals surface area (Å²) in [5.74, 6) is 1.33. The highest BCUT2D eigenvalue weighted by molar-refractivity contribution is 6.35. The van der Waals surface area contributed by atoms with Crippen molar-refractivity contribution >= 4 is 40.5 Å². The lowest BCUT2D eigenvalue weighted by atomic mass is 10.1. The molecule has 0 saturated carbocycles. The average Bonchev–Trinajstić information content (AvgIpc) is 2.67. The lowest BCUT2D eigenvalue weighted by Crippen LogP contribution is -2.05. The van der Waals surface area contributed by atoms with Gasteiger partial charge in [0.15, 0.2) is 11.5 Å². The topological polar surface area (TPSA) is 30.5 Å². The molecule has 0 heterocycles. The van der Waals surface area contributed by atoms with Crippen molar-refractivity contribution in [1.29, 1.82) is 0 Å². The van der Waals surface area contributed by atoms with Crippen LogP contribution in [0.5, 0.6) is 11.5 Å². The van der Waals surface area contributed by atoms with Gasteiger partial charge in [-0.25, -0.2) is 0 Å². The zero-order valence-corrected chi connectivity index (χ0v) is 16.9. The Kier molecular flexibility index (Phi) is 6.73. The first-order valence-electron chi connectivity index (χ1n) is 8.29. The number of nitrogens with one attached hydrogen (secondary N) is 1. The van der Waals surface area contributed by atoms with E-state index in [1.807, 2.05) is 42.5 Å². The van der Waals surface area contributed by atoms with Crippen LogP contribution in [0, 0.1) is 0 Å². The standard InChI is InChI=1S/C21H18Cl3NO2/c1-26-20-7-3-5-15(12-25-19-11-17(23)8-9-18(19)24)21(20)27-13-14-4-2-6-16(22)10-14/h2-11,25H,12-13H2,1H3. The molecule has 3 aromatic carbocycles. The number of methoxy groups -OCH3 is 1. The van der Waals surface area contributed by atoms with Gasteiger partial charge in [0.1, 0.15) is 6.61 Å². The molecule has 1 N–H and O–H groups in total. The van der Waals surface area contributed by atoms with E-state index in [1.54, 1.807) is 25.3 Å². The van der Waals surface area contributed by atoms with Gasteiger partial charge in [-0.05, 0) is 42.0 Å². The molecule has 3 aromatic rings. The lowest BCUT2D eigenvalue weighted by Gasteiger charge is -2.16. The summed E-state index contributed by atoms with van der Waals surface area (Å²) < 4.78 is 11.5. The number of hydrogen-bond acceptors (Lipinski definition) is 3. The molecule has 3 nitrogen and oxygen atoms in total. The van der Waals surface area contributed by atoms with Crippen LogP contribution in [-0.4, -0.2) is 7.11 Å². The molecule has 27 heavy (non-hydrogen) atoms. The van der Waals surface area contributed by atoms with E-state index in [1.165, 1.54) is 0 Å². The van der Waals surface area contributed by atoms with Gasteiger partial charge in [0.2, 0.25) is 0 Å². The Morgan fingerprint density at radius 1 is 0.889 bits per heavy atom. The van der Waals surface area contributed by atoms with Crippen molar-refractivity contribution in [1.82, 2.24) is 0 Å². The molecule has 0 aromatic heterocycles. The highest BCUT2D eigenvalue weighted by atomic mass is 35.5. The van der Waals surface area contributed by atoms with E-state index in [-0.39, 0.29) is 0 Å². The molecule has 6 heteroatoms. The third-order valence-electron chi connectivity index (χ3n) is 3.95. The molecule has 0 bridgehead atoms. The van der Waals surface area contributed by atoms with Gasteiger partial charge in [0, 0.05) is 22.2 Å². The van der Waals surface area contributed by atoms with Gasteiger partial charge in [0.25, 0.3) is 0 Å². The third kappa shape index (κ3) is 5.23. The fourth-order valence-electron chi connectivity index (χ4n) is 2.63. The second kappa shape index (κ2) is 9.23. The molecule has 0 radical (unpaired) electrons. The van der Waals surface area contributed by atoms with E-state index in [0.717, 1.165) is 16.8 Å². The Morgan fingerprint density at radius 3 is 2.44 bits per heavy atom. The first-order chi connectivity index (χ1) is 13.1. The molecule has 0 amide bonds. The van der Waals surface area contributed by atoms with Gasteiger partial charge in [-0.15, -0.1) is 0 Å². The summed E-state index contributed by atoms with van der Waals surface area (Å²) in [6.45, 7) is 0.883. The molecule has 140 valence electrons. The molecule has 0 aliphatic carbocycles. The monoisotopic (exact) mass is 421 g/mol. The molecule has 0 saturated heterocycles. The summed E-state index contributed by atoms with van der Waals surface area (Å²) in [5, 5.41) is 5.19. The van der Waals surface area contributed by atoms with Gasteiger partial charge < -0.3 is 14.8 Å². The average molecular weight is 423 g/mol. The minimum absolute atomic E-state index is 0.381. The van der Waals surface area contributed by atoms with Crippen LogP contribution < -0.4 is 14.8 Å². The summed E-state index contributed by atoms with van der Waals surface area (Å²) in [5.41, 5.74) is 2.67. The van der Waals surface area contributed by atoms with Crippen LogP contribution in [-0.2, 0) is 13.2 Å². The van der Waals surface area contributed by atoms with Gasteiger partial charge in [-0.2, -0.15) is 0 Å². The lowest BCUT2D eigenvalue weighted by molar-refractivity contribution is 0.281. The van der Waals surface area contributed by atoms with Crippen molar-refractivity contribution < 1.29 is 9.47 Å². The van der Waals surface area contributed by atoms with Gasteiger partial charge in [-0.3, -0.25) is 0 Å². The van der Waals surface area contributed by atoms with Crippen LogP contribution >= 0.6 is 34.8 Å². The van der Waals surface area contributed by atoms with E-state index >= 15 is 0 Å². The quantitative estimate of drug-likeness (QED) is 0.452. The van der Waals surface area contributed by atoms with Crippen molar-refractivity contribution in [2.75, 3.05) is 12.4 Å². The van der Waals surface area contributed by atoms with Crippen LogP contribution in [0.25, 0.3) is 0 Å². The zero-order valence-electron chi connectivity index (χ0n) is 14.6. The molecular formula is C21H18Cl3NO2. The Bertz CT molecular complexity index is 931. The Balaban J connectivity index is 1.79. The van der Waals surface area contributed by atoms with Crippen molar-refractivity contribution in [3.8, 4) is 11.5 Å². The molecule has 0 aliphatic heterocycles. The second-order valence-electron chi connectivity index (χ2n) is 5.84. The minimum Gasteiger partial charge on any atom is -0.493 e. The number of benzene rings is 3. The first-order valence-corrected chi connectivity index (χ1v) is 9.42. The highest BCUT2D eigenvalue weighted by Gasteiger charge is 2.12. The van der Waals surface area contributed by atoms with Crippen molar-refractivity contribution in [3.05, 3.63) is 86.9 Å². The maximum absolute atomic E-state index is 6.23. The first kappa shape index (κ1) is 19.7. The zero-order chi connectivity index (χ0) is 19.2. The van der Waals surface area contributed by atoms with Gasteiger partial charge >= 0.3 is 0 Å². The largest absolute Gasteiger partial charge is 0.493 e. The Labute approximate surface area is 173 Å². The molecule has 0 fully saturated rings. The highest BCUT2D eigenvalue weighted by Crippen LogP contribution is 2.33. The third-order valence-corrected chi connectivity index (χ3v) is 4.75. The van der Waals surface area contributed by atoms with Crippen LogP contribution in [0.1, 0.15) is 11.1 Å². The predicted molar refractivity (Wildman–Crippen MR) is 113 cm³/mol. The van der Waals surface area contributed by atoms with Crippen LogP contribution in [0.4, 0.5) is 5.69 Å². The van der Waals surface area contributed by atoms with E-state index in [9.17, 15) is 0 Å². The number of anilines is 1. The summed E-state index contributed by atoms with van der Waals surface area (Å²) in [4.78, 5) is 0. The SMILES string of the molecule is COc1cccc(CNc2cc(Cl)ccc2Cl)c1OCc1cccc(Cl)c1. The number of halogens is 3. The van der Waals surface area contributed by atoms with E-state index in [0.29, 0.717) is 39.7 Å². The molecule has 0 unspecified atom stereocenters. The smallest absolute Gasteiger partial charge is 0.166 e. The number of rotatable bonds is 7. The van der Waals surface area contributed by atoms with Gasteiger partial charge in [0.05, 0.1) is 17.8 Å². The second-order valence-corrected chi connectivity index (χ2v) is 7.12. The summed E-state index contributed by atoms with van der Waals surface area (Å²) in [7, 11) is 1.62. The normalized spacial score (nSPS) is 10.5. The minimum atomic E-state index is 0.381. The van der Waals surface area contributed by atoms with Crippen molar-refractivity contribution in [2.45, 2.75) is 13.2 Å². The van der Waals surface area contributed by atoms with E-state index in [2.05, 4.69) is 5.32 Å². The predicted octanol–water partition coefficient (Wildman–Crippen LogP) is 6.85. The van der Waals surface area contributed by atoms with Gasteiger partial charge in [-0.1, -0.05) is 59.1 Å². The summed E-state index contributed by atoms with van der Waals surface area (Å²) in [6, 6.07) is 18.6. The fraction of sp³-hybridized carbons (Fsp3) is 0.143. The van der Waals surface area contributed by atoms with Crippen LogP contribution in [0.3, 0.4) is 0 Å². The van der Waals surface area contributed by atoms with E-state index in [4.69, 9.17) is 44.3 Å². The molecule has 0 atom stereocenters. The number of ether oxygens (including phenoxy) is 2. The Morgan fingerprint density at radius 2 is 1.67 bits per heavy atom. The van der Waals surface area contributed by atoms with Crippen LogP contribution in [0.15, 0.2) is 60.7 Å². The molecule has 0 spiro atoms. The van der Waals surface area contributed by atoms with Crippen molar-refractivity contribution in [3.63, 3.8) is 0 Å². The summed E-state index contributed by atoms with van der Waals surface area (Å²) in [6.07, 6.45) is 0. The number of para-hydroxylation sites is 1. The van der Waals surface area contributed by atoms with Crippen LogP contribution in [0.2, 0.25) is 15.1 Å². The maximum atomic E-state index is 6.23. The maximum Gasteiger partial charge on any atom is 0.166 e. The molecule has 3 rings (SSSR count). The van der Waals surface area contributed by atoms with Crippen molar-refractivity contribution in [2.24, 2.45) is 0 Å². The fourth-order valence-corrected chi connectivity index (χ4v) is 3.20. The molecular weight excluding hydrogens is 405 g/mol. The Hall–Kier alpha value is -2.07. The van der Waals surface area contributed by atoms with E-state index < -0.39 is 0 Å². The number of hydrogen-bond donors (Lipinski definition) is 1. The summed E-state index contributed by atoms with van der Waals surface area (Å²) >= 11 is 18.3. The molecule has 0 aliphatic rings.